The van der Waals surface area contributed by atoms with E-state index >= 15 is 0 Å². The van der Waals surface area contributed by atoms with Crippen LogP contribution >= 0.6 is 0 Å². The van der Waals surface area contributed by atoms with Crippen LogP contribution in [0.1, 0.15) is 5.56 Å². The maximum atomic E-state index is 12.7. The molecule has 1 N–H and O–H groups in total. The molecule has 0 saturated heterocycles. The van der Waals surface area contributed by atoms with Gasteiger partial charge in [-0.3, -0.25) is 14.9 Å². The lowest BCUT2D eigenvalue weighted by atomic mass is 9.96. The first-order valence-electron chi connectivity index (χ1n) is 12.3. The van der Waals surface area contributed by atoms with Gasteiger partial charge in [0.05, 0.1) is 22.8 Å². The van der Waals surface area contributed by atoms with E-state index in [1.54, 1.807) is 17.0 Å². The maximum absolute atomic E-state index is 12.7. The summed E-state index contributed by atoms with van der Waals surface area (Å²) in [5.74, 6) is 0. The molecule has 0 aliphatic carbocycles. The van der Waals surface area contributed by atoms with Gasteiger partial charge in [0, 0.05) is 17.8 Å². The molecule has 0 saturated carbocycles. The molecule has 0 spiro atoms. The Bertz CT molecular complexity index is 1780. The summed E-state index contributed by atoms with van der Waals surface area (Å²) in [6, 6.07) is 36.9. The summed E-state index contributed by atoms with van der Waals surface area (Å²) in [5.41, 5.74) is 3.23. The first-order chi connectivity index (χ1) is 18.6. The van der Waals surface area contributed by atoms with E-state index in [0.29, 0.717) is 17.9 Å². The number of rotatable bonds is 7. The molecule has 0 radical (unpaired) electrons. The van der Waals surface area contributed by atoms with Gasteiger partial charge in [-0.25, -0.2) is 0 Å². The SMILES string of the molecule is O=CN(Cc1c2ccccc2cc2ccccc12)c1cc2ccccc2cc1Nc1ccc([N+](=O)[O-])cc1. The molecule has 6 rings (SSSR count). The summed E-state index contributed by atoms with van der Waals surface area (Å²) >= 11 is 0. The molecular formula is C32H23N3O3. The van der Waals surface area contributed by atoms with Gasteiger partial charge in [0.1, 0.15) is 0 Å². The number of benzene rings is 6. The van der Waals surface area contributed by atoms with E-state index in [4.69, 9.17) is 0 Å². The summed E-state index contributed by atoms with van der Waals surface area (Å²) in [5, 5.41) is 20.9. The third-order valence-corrected chi connectivity index (χ3v) is 6.87. The summed E-state index contributed by atoms with van der Waals surface area (Å²) in [6.07, 6.45) is 0.863. The number of fused-ring (bicyclic) bond motifs is 3. The highest BCUT2D eigenvalue weighted by Crippen LogP contribution is 2.36. The van der Waals surface area contributed by atoms with Crippen molar-refractivity contribution in [2.75, 3.05) is 10.2 Å². The van der Waals surface area contributed by atoms with E-state index in [1.165, 1.54) is 12.1 Å². The zero-order valence-corrected chi connectivity index (χ0v) is 20.4. The van der Waals surface area contributed by atoms with E-state index in [1.807, 2.05) is 60.7 Å². The normalized spacial score (nSPS) is 11.1. The molecule has 6 heteroatoms. The summed E-state index contributed by atoms with van der Waals surface area (Å²) in [6.45, 7) is 0.374. The van der Waals surface area contributed by atoms with E-state index in [0.717, 1.165) is 50.0 Å². The Morgan fingerprint density at radius 3 is 1.84 bits per heavy atom. The van der Waals surface area contributed by atoms with Crippen LogP contribution in [0.5, 0.6) is 0 Å². The van der Waals surface area contributed by atoms with E-state index in [2.05, 4.69) is 35.6 Å². The number of hydrogen-bond acceptors (Lipinski definition) is 4. The van der Waals surface area contributed by atoms with Crippen molar-refractivity contribution in [3.05, 3.63) is 131 Å². The van der Waals surface area contributed by atoms with Crippen LogP contribution in [0.15, 0.2) is 115 Å². The van der Waals surface area contributed by atoms with Gasteiger partial charge >= 0.3 is 0 Å². The molecule has 184 valence electrons. The zero-order chi connectivity index (χ0) is 26.1. The van der Waals surface area contributed by atoms with Gasteiger partial charge in [-0.15, -0.1) is 0 Å². The molecule has 0 bridgehead atoms. The second-order valence-corrected chi connectivity index (χ2v) is 9.18. The van der Waals surface area contributed by atoms with Crippen LogP contribution in [0.2, 0.25) is 0 Å². The average Bonchev–Trinajstić information content (AvgIpc) is 2.95. The van der Waals surface area contributed by atoms with Crippen molar-refractivity contribution in [1.82, 2.24) is 0 Å². The Morgan fingerprint density at radius 1 is 0.711 bits per heavy atom. The lowest BCUT2D eigenvalue weighted by Gasteiger charge is -2.24. The molecular weight excluding hydrogens is 474 g/mol. The second-order valence-electron chi connectivity index (χ2n) is 9.18. The monoisotopic (exact) mass is 497 g/mol. The van der Waals surface area contributed by atoms with E-state index in [-0.39, 0.29) is 5.69 Å². The molecule has 0 aromatic heterocycles. The Balaban J connectivity index is 1.48. The van der Waals surface area contributed by atoms with Crippen molar-refractivity contribution in [3.8, 4) is 0 Å². The third kappa shape index (κ3) is 4.29. The van der Waals surface area contributed by atoms with Crippen LogP contribution in [0.25, 0.3) is 32.3 Å². The minimum absolute atomic E-state index is 0.0200. The fraction of sp³-hybridized carbons (Fsp3) is 0.0312. The maximum Gasteiger partial charge on any atom is 0.269 e. The predicted octanol–water partition coefficient (Wildman–Crippen LogP) is 7.96. The number of carbonyl (C=O) groups excluding carboxylic acids is 1. The molecule has 0 aliphatic rings. The van der Waals surface area contributed by atoms with Crippen LogP contribution < -0.4 is 10.2 Å². The van der Waals surface area contributed by atoms with E-state index in [9.17, 15) is 14.9 Å². The van der Waals surface area contributed by atoms with Crippen LogP contribution in [-0.2, 0) is 11.3 Å². The molecule has 0 fully saturated rings. The average molecular weight is 498 g/mol. The van der Waals surface area contributed by atoms with Crippen molar-refractivity contribution < 1.29 is 9.72 Å². The quantitative estimate of drug-likeness (QED) is 0.105. The number of nitrogens with zero attached hydrogens (tertiary/aromatic N) is 2. The molecule has 6 nitrogen and oxygen atoms in total. The highest BCUT2D eigenvalue weighted by atomic mass is 16.6. The number of carbonyl (C=O) groups is 1. The predicted molar refractivity (Wildman–Crippen MR) is 154 cm³/mol. The number of nitro benzene ring substituents is 1. The molecule has 0 unspecified atom stereocenters. The molecule has 1 amide bonds. The number of amides is 1. The van der Waals surface area contributed by atoms with Crippen molar-refractivity contribution in [2.45, 2.75) is 6.54 Å². The Morgan fingerprint density at radius 2 is 1.26 bits per heavy atom. The third-order valence-electron chi connectivity index (χ3n) is 6.87. The minimum Gasteiger partial charge on any atom is -0.354 e. The van der Waals surface area contributed by atoms with Gasteiger partial charge in [-0.05, 0) is 68.2 Å². The van der Waals surface area contributed by atoms with Crippen LogP contribution in [0.3, 0.4) is 0 Å². The standard InChI is InChI=1S/C32H23N3O3/c36-21-34(20-30-28-11-5-3-9-24(28)17-25-10-4-6-12-29(25)30)32-19-23-8-2-1-7-22(23)18-31(32)33-26-13-15-27(16-14-26)35(37)38/h1-19,21,33H,20H2. The zero-order valence-electron chi connectivity index (χ0n) is 20.4. The van der Waals surface area contributed by atoms with Crippen molar-refractivity contribution in [1.29, 1.82) is 0 Å². The fourth-order valence-corrected chi connectivity index (χ4v) is 5.02. The van der Waals surface area contributed by atoms with Gasteiger partial charge in [-0.1, -0.05) is 72.8 Å². The number of nitrogens with one attached hydrogen (secondary N) is 1. The first-order valence-corrected chi connectivity index (χ1v) is 12.3. The Labute approximate surface area is 218 Å². The summed E-state index contributed by atoms with van der Waals surface area (Å²) in [4.78, 5) is 25.1. The molecule has 0 heterocycles. The summed E-state index contributed by atoms with van der Waals surface area (Å²) < 4.78 is 0. The number of nitro groups is 1. The van der Waals surface area contributed by atoms with E-state index < -0.39 is 4.92 Å². The highest BCUT2D eigenvalue weighted by Gasteiger charge is 2.17. The molecule has 0 aliphatic heterocycles. The molecule has 6 aromatic rings. The molecule has 38 heavy (non-hydrogen) atoms. The molecule has 6 aromatic carbocycles. The Kier molecular flexibility index (Phi) is 5.90. The minimum atomic E-state index is -0.423. The molecule has 0 atom stereocenters. The first kappa shape index (κ1) is 23.2. The largest absolute Gasteiger partial charge is 0.354 e. The van der Waals surface area contributed by atoms with Gasteiger partial charge < -0.3 is 10.2 Å². The van der Waals surface area contributed by atoms with Crippen LogP contribution in [0, 0.1) is 10.1 Å². The number of hydrogen-bond donors (Lipinski definition) is 1. The number of non-ortho nitro benzene ring substituents is 1. The van der Waals surface area contributed by atoms with Crippen molar-refractivity contribution >= 4 is 61.5 Å². The van der Waals surface area contributed by atoms with Gasteiger partial charge in [0.2, 0.25) is 6.41 Å². The lowest BCUT2D eigenvalue weighted by molar-refractivity contribution is -0.384. The Hall–Kier alpha value is -5.23. The van der Waals surface area contributed by atoms with Gasteiger partial charge in [0.15, 0.2) is 0 Å². The van der Waals surface area contributed by atoms with Crippen molar-refractivity contribution in [2.24, 2.45) is 0 Å². The number of anilines is 3. The smallest absolute Gasteiger partial charge is 0.269 e. The van der Waals surface area contributed by atoms with Gasteiger partial charge in [0.25, 0.3) is 5.69 Å². The van der Waals surface area contributed by atoms with Crippen LogP contribution in [-0.4, -0.2) is 11.3 Å². The lowest BCUT2D eigenvalue weighted by Crippen LogP contribution is -2.22. The van der Waals surface area contributed by atoms with Gasteiger partial charge in [-0.2, -0.15) is 0 Å². The van der Waals surface area contributed by atoms with Crippen LogP contribution in [0.4, 0.5) is 22.7 Å². The highest BCUT2D eigenvalue weighted by molar-refractivity contribution is 6.03. The fourth-order valence-electron chi connectivity index (χ4n) is 5.02. The van der Waals surface area contributed by atoms with Crippen molar-refractivity contribution in [3.63, 3.8) is 0 Å². The summed E-state index contributed by atoms with van der Waals surface area (Å²) in [7, 11) is 0. The second kappa shape index (κ2) is 9.67. The topological polar surface area (TPSA) is 75.5 Å².